The number of carbonyl (C=O) groups excluding carboxylic acids is 3. The third-order valence-electron chi connectivity index (χ3n) is 4.08. The van der Waals surface area contributed by atoms with Crippen LogP contribution in [0, 0.1) is 12.7 Å². The molecular weight excluding hydrogens is 339 g/mol. The van der Waals surface area contributed by atoms with Gasteiger partial charge in [0.2, 0.25) is 5.91 Å². The van der Waals surface area contributed by atoms with E-state index in [1.807, 2.05) is 0 Å². The molecule has 0 saturated carbocycles. The monoisotopic (exact) mass is 360 g/mol. The first kappa shape index (κ1) is 19.4. The number of esters is 1. The molecule has 0 atom stereocenters. The number of benzene rings is 1. The lowest BCUT2D eigenvalue weighted by atomic mass is 10.1. The van der Waals surface area contributed by atoms with Gasteiger partial charge in [0.05, 0.1) is 24.8 Å². The fraction of sp³-hybridized carbons (Fsp3) is 0.316. The van der Waals surface area contributed by atoms with Crippen molar-refractivity contribution in [3.05, 3.63) is 58.2 Å². The Morgan fingerprint density at radius 1 is 1.23 bits per heavy atom. The number of rotatable bonds is 7. The number of H-pyrrole nitrogens is 1. The molecule has 1 aromatic heterocycles. The van der Waals surface area contributed by atoms with Crippen LogP contribution in [0.2, 0.25) is 0 Å². The molecule has 0 aliphatic rings. The van der Waals surface area contributed by atoms with Crippen molar-refractivity contribution < 1.29 is 23.5 Å². The Bertz CT molecular complexity index is 842. The summed E-state index contributed by atoms with van der Waals surface area (Å²) in [7, 11) is 1.24. The number of ether oxygens (including phenoxy) is 1. The minimum atomic E-state index is -0.611. The van der Waals surface area contributed by atoms with E-state index in [0.29, 0.717) is 23.2 Å². The van der Waals surface area contributed by atoms with E-state index in [-0.39, 0.29) is 41.7 Å². The first-order valence-corrected chi connectivity index (χ1v) is 8.16. The molecule has 2 rings (SSSR count). The maximum Gasteiger partial charge on any atom is 0.339 e. The van der Waals surface area contributed by atoms with Crippen molar-refractivity contribution in [2.24, 2.45) is 0 Å². The van der Waals surface area contributed by atoms with Crippen LogP contribution in [0.4, 0.5) is 4.39 Å². The minimum absolute atomic E-state index is 0.115. The van der Waals surface area contributed by atoms with Gasteiger partial charge in [0.1, 0.15) is 5.82 Å². The summed E-state index contributed by atoms with van der Waals surface area (Å²) in [4.78, 5) is 38.7. The first-order valence-electron chi connectivity index (χ1n) is 8.16. The summed E-state index contributed by atoms with van der Waals surface area (Å²) in [5.41, 5.74) is 1.76. The van der Waals surface area contributed by atoms with E-state index in [1.165, 1.54) is 20.1 Å². The predicted molar refractivity (Wildman–Crippen MR) is 93.7 cm³/mol. The number of hydrogen-bond acceptors (Lipinski definition) is 4. The Morgan fingerprint density at radius 2 is 1.92 bits per heavy atom. The van der Waals surface area contributed by atoms with Crippen molar-refractivity contribution in [2.45, 2.75) is 26.7 Å². The van der Waals surface area contributed by atoms with Crippen LogP contribution in [-0.2, 0) is 22.4 Å². The molecule has 6 nitrogen and oxygen atoms in total. The largest absolute Gasteiger partial charge is 0.465 e. The van der Waals surface area contributed by atoms with Gasteiger partial charge in [0, 0.05) is 19.2 Å². The lowest BCUT2D eigenvalue weighted by Crippen LogP contribution is -2.28. The topological polar surface area (TPSA) is 88.3 Å². The average molecular weight is 360 g/mol. The van der Waals surface area contributed by atoms with Gasteiger partial charge in [0.25, 0.3) is 0 Å². The number of carbonyl (C=O) groups is 3. The Morgan fingerprint density at radius 3 is 2.54 bits per heavy atom. The van der Waals surface area contributed by atoms with Crippen LogP contribution in [0.15, 0.2) is 24.3 Å². The number of Topliss-reactive ketones (excluding diaryl/α,β-unsaturated/α-hetero) is 1. The van der Waals surface area contributed by atoms with Crippen LogP contribution < -0.4 is 5.32 Å². The van der Waals surface area contributed by atoms with E-state index < -0.39 is 5.97 Å². The molecule has 0 radical (unpaired) electrons. The van der Waals surface area contributed by atoms with Crippen LogP contribution >= 0.6 is 0 Å². The standard InChI is InChI=1S/C19H21FN2O4/c1-11-17(19(25)26-3)15(22-18(11)12(2)23)10-16(24)21-9-8-13-6-4-5-7-14(13)20/h4-7,22H,8-10H2,1-3H3,(H,21,24). The number of halogens is 1. The van der Waals surface area contributed by atoms with Crippen molar-refractivity contribution in [3.8, 4) is 0 Å². The molecule has 0 aliphatic heterocycles. The molecule has 0 fully saturated rings. The zero-order chi connectivity index (χ0) is 19.3. The lowest BCUT2D eigenvalue weighted by Gasteiger charge is -2.07. The quantitative estimate of drug-likeness (QED) is 0.586. The van der Waals surface area contributed by atoms with Crippen molar-refractivity contribution in [3.63, 3.8) is 0 Å². The SMILES string of the molecule is COC(=O)c1c(CC(=O)NCCc2ccccc2F)[nH]c(C(C)=O)c1C. The first-order chi connectivity index (χ1) is 12.3. The Kier molecular flexibility index (Phi) is 6.27. The molecule has 0 bridgehead atoms. The number of aromatic nitrogens is 1. The van der Waals surface area contributed by atoms with Crippen LogP contribution in [0.5, 0.6) is 0 Å². The molecule has 2 aromatic rings. The van der Waals surface area contributed by atoms with E-state index in [4.69, 9.17) is 4.74 Å². The molecule has 0 aliphatic carbocycles. The van der Waals surface area contributed by atoms with Gasteiger partial charge in [-0.05, 0) is 30.5 Å². The zero-order valence-corrected chi connectivity index (χ0v) is 14.9. The van der Waals surface area contributed by atoms with Crippen molar-refractivity contribution >= 4 is 17.7 Å². The molecule has 1 aromatic carbocycles. The van der Waals surface area contributed by atoms with Gasteiger partial charge in [-0.3, -0.25) is 9.59 Å². The van der Waals surface area contributed by atoms with Crippen LogP contribution in [0.3, 0.4) is 0 Å². The normalized spacial score (nSPS) is 10.5. The number of amides is 1. The highest BCUT2D eigenvalue weighted by Crippen LogP contribution is 2.20. The molecule has 7 heteroatoms. The summed E-state index contributed by atoms with van der Waals surface area (Å²) in [5.74, 6) is -1.51. The molecule has 138 valence electrons. The minimum Gasteiger partial charge on any atom is -0.465 e. The van der Waals surface area contributed by atoms with Gasteiger partial charge in [-0.2, -0.15) is 0 Å². The molecule has 0 saturated heterocycles. The summed E-state index contributed by atoms with van der Waals surface area (Å²) in [6.45, 7) is 3.25. The number of nitrogens with one attached hydrogen (secondary N) is 2. The summed E-state index contributed by atoms with van der Waals surface area (Å²) in [6, 6.07) is 6.36. The van der Waals surface area contributed by atoms with Gasteiger partial charge >= 0.3 is 5.97 Å². The maximum atomic E-state index is 13.6. The number of methoxy groups -OCH3 is 1. The summed E-state index contributed by atoms with van der Waals surface area (Å²) in [6.07, 6.45) is 0.237. The van der Waals surface area contributed by atoms with E-state index in [9.17, 15) is 18.8 Å². The van der Waals surface area contributed by atoms with Gasteiger partial charge in [-0.1, -0.05) is 18.2 Å². The highest BCUT2D eigenvalue weighted by Gasteiger charge is 2.24. The average Bonchev–Trinajstić information content (AvgIpc) is 2.92. The van der Waals surface area contributed by atoms with E-state index in [1.54, 1.807) is 25.1 Å². The van der Waals surface area contributed by atoms with Crippen LogP contribution in [0.1, 0.15) is 44.6 Å². The fourth-order valence-corrected chi connectivity index (χ4v) is 2.78. The van der Waals surface area contributed by atoms with Gasteiger partial charge in [-0.25, -0.2) is 9.18 Å². The summed E-state index contributed by atoms with van der Waals surface area (Å²) >= 11 is 0. The molecule has 0 spiro atoms. The second kappa shape index (κ2) is 8.42. The summed E-state index contributed by atoms with van der Waals surface area (Å²) in [5, 5.41) is 2.69. The molecule has 1 heterocycles. The number of hydrogen-bond donors (Lipinski definition) is 2. The van der Waals surface area contributed by atoms with E-state index >= 15 is 0 Å². The highest BCUT2D eigenvalue weighted by atomic mass is 19.1. The van der Waals surface area contributed by atoms with E-state index in [0.717, 1.165) is 0 Å². The zero-order valence-electron chi connectivity index (χ0n) is 14.9. The van der Waals surface area contributed by atoms with E-state index in [2.05, 4.69) is 10.3 Å². The van der Waals surface area contributed by atoms with Gasteiger partial charge < -0.3 is 15.0 Å². The number of aromatic amines is 1. The maximum absolute atomic E-state index is 13.6. The van der Waals surface area contributed by atoms with Crippen molar-refractivity contribution in [2.75, 3.05) is 13.7 Å². The highest BCUT2D eigenvalue weighted by molar-refractivity contribution is 6.01. The summed E-state index contributed by atoms with van der Waals surface area (Å²) < 4.78 is 18.3. The smallest absolute Gasteiger partial charge is 0.339 e. The van der Waals surface area contributed by atoms with Crippen molar-refractivity contribution in [1.82, 2.24) is 10.3 Å². The van der Waals surface area contributed by atoms with Crippen LogP contribution in [-0.4, -0.2) is 36.3 Å². The molecular formula is C19H21FN2O4. The predicted octanol–water partition coefficient (Wildman–Crippen LogP) is 2.35. The third-order valence-corrected chi connectivity index (χ3v) is 4.08. The second-order valence-corrected chi connectivity index (χ2v) is 5.89. The lowest BCUT2D eigenvalue weighted by molar-refractivity contribution is -0.120. The molecule has 1 amide bonds. The third kappa shape index (κ3) is 4.36. The van der Waals surface area contributed by atoms with Crippen LogP contribution in [0.25, 0.3) is 0 Å². The van der Waals surface area contributed by atoms with Gasteiger partial charge in [0.15, 0.2) is 5.78 Å². The van der Waals surface area contributed by atoms with Gasteiger partial charge in [-0.15, -0.1) is 0 Å². The van der Waals surface area contributed by atoms with Crippen molar-refractivity contribution in [1.29, 1.82) is 0 Å². The molecule has 26 heavy (non-hydrogen) atoms. The number of ketones is 1. The molecule has 2 N–H and O–H groups in total. The Hall–Kier alpha value is -2.96. The Balaban J connectivity index is 2.06. The fourth-order valence-electron chi connectivity index (χ4n) is 2.78. The Labute approximate surface area is 150 Å². The molecule has 0 unspecified atom stereocenters. The second-order valence-electron chi connectivity index (χ2n) is 5.89.